The number of ether oxygens (including phenoxy) is 1. The first-order valence-electron chi connectivity index (χ1n) is 5.23. The van der Waals surface area contributed by atoms with E-state index in [-0.39, 0.29) is 0 Å². The summed E-state index contributed by atoms with van der Waals surface area (Å²) in [5.74, 6) is 1.03. The predicted octanol–water partition coefficient (Wildman–Crippen LogP) is 3.51. The molecule has 0 aliphatic rings. The van der Waals surface area contributed by atoms with Gasteiger partial charge < -0.3 is 10.1 Å². The second kappa shape index (κ2) is 6.02. The first kappa shape index (κ1) is 13.1. The van der Waals surface area contributed by atoms with Crippen LogP contribution in [0.5, 0.6) is 5.75 Å². The van der Waals surface area contributed by atoms with Crippen molar-refractivity contribution >= 4 is 33.3 Å². The highest BCUT2D eigenvalue weighted by atomic mass is 79.9. The Morgan fingerprint density at radius 2 is 2.22 bits per heavy atom. The zero-order valence-corrected chi connectivity index (χ0v) is 12.0. The predicted molar refractivity (Wildman–Crippen MR) is 75.1 cm³/mol. The van der Waals surface area contributed by atoms with Crippen LogP contribution in [-0.2, 0) is 6.54 Å². The summed E-state index contributed by atoms with van der Waals surface area (Å²) in [7, 11) is 1.54. The Hall–Kier alpha value is -1.33. The molecule has 0 amide bonds. The van der Waals surface area contributed by atoms with E-state index in [0.29, 0.717) is 23.3 Å². The van der Waals surface area contributed by atoms with Gasteiger partial charge in [0.05, 0.1) is 7.11 Å². The van der Waals surface area contributed by atoms with Gasteiger partial charge in [0.1, 0.15) is 6.33 Å². The lowest BCUT2D eigenvalue weighted by atomic mass is 10.2. The SMILES string of the molecule is COc1c(Cl)ncnc1NCc1cccc(Br)c1. The first-order chi connectivity index (χ1) is 8.70. The maximum atomic E-state index is 5.91. The molecule has 1 N–H and O–H groups in total. The number of rotatable bonds is 4. The molecule has 94 valence electrons. The van der Waals surface area contributed by atoms with E-state index in [2.05, 4.69) is 31.2 Å². The van der Waals surface area contributed by atoms with Crippen molar-refractivity contribution in [1.29, 1.82) is 0 Å². The van der Waals surface area contributed by atoms with Crippen LogP contribution in [0.3, 0.4) is 0 Å². The van der Waals surface area contributed by atoms with Gasteiger partial charge in [0.15, 0.2) is 16.7 Å². The Morgan fingerprint density at radius 3 is 2.94 bits per heavy atom. The molecule has 4 nitrogen and oxygen atoms in total. The summed E-state index contributed by atoms with van der Waals surface area (Å²) >= 11 is 9.34. The number of hydrogen-bond donors (Lipinski definition) is 1. The van der Waals surface area contributed by atoms with Crippen molar-refractivity contribution in [2.75, 3.05) is 12.4 Å². The highest BCUT2D eigenvalue weighted by Crippen LogP contribution is 2.28. The second-order valence-electron chi connectivity index (χ2n) is 3.53. The van der Waals surface area contributed by atoms with Crippen LogP contribution in [0, 0.1) is 0 Å². The minimum atomic E-state index is 0.296. The lowest BCUT2D eigenvalue weighted by Gasteiger charge is -2.10. The van der Waals surface area contributed by atoms with Crippen LogP contribution in [0.1, 0.15) is 5.56 Å². The van der Waals surface area contributed by atoms with E-state index in [1.165, 1.54) is 13.4 Å². The van der Waals surface area contributed by atoms with E-state index in [4.69, 9.17) is 16.3 Å². The van der Waals surface area contributed by atoms with Gasteiger partial charge in [-0.05, 0) is 17.7 Å². The van der Waals surface area contributed by atoms with E-state index < -0.39 is 0 Å². The van der Waals surface area contributed by atoms with E-state index in [0.717, 1.165) is 10.0 Å². The summed E-state index contributed by atoms with van der Waals surface area (Å²) in [6.07, 6.45) is 1.40. The maximum Gasteiger partial charge on any atom is 0.198 e. The minimum absolute atomic E-state index is 0.296. The average molecular weight is 329 g/mol. The Kier molecular flexibility index (Phi) is 4.38. The zero-order valence-electron chi connectivity index (χ0n) is 9.65. The molecule has 0 aliphatic carbocycles. The Balaban J connectivity index is 2.13. The second-order valence-corrected chi connectivity index (χ2v) is 4.80. The third-order valence-corrected chi connectivity index (χ3v) is 3.08. The van der Waals surface area contributed by atoms with Crippen molar-refractivity contribution in [2.24, 2.45) is 0 Å². The van der Waals surface area contributed by atoms with Crippen LogP contribution >= 0.6 is 27.5 Å². The molecule has 0 unspecified atom stereocenters. The molecule has 0 atom stereocenters. The molecule has 1 heterocycles. The normalized spacial score (nSPS) is 10.2. The number of nitrogens with zero attached hydrogens (tertiary/aromatic N) is 2. The molecular formula is C12H11BrClN3O. The van der Waals surface area contributed by atoms with Gasteiger partial charge in [-0.25, -0.2) is 9.97 Å². The van der Waals surface area contributed by atoms with Gasteiger partial charge in [0.25, 0.3) is 0 Å². The molecule has 0 spiro atoms. The molecule has 0 aliphatic heterocycles. The van der Waals surface area contributed by atoms with E-state index in [1.807, 2.05) is 24.3 Å². The Labute approximate surface area is 118 Å². The number of halogens is 2. The molecule has 2 aromatic rings. The van der Waals surface area contributed by atoms with Gasteiger partial charge in [-0.15, -0.1) is 0 Å². The van der Waals surface area contributed by atoms with Gasteiger partial charge >= 0.3 is 0 Å². The number of methoxy groups -OCH3 is 1. The maximum absolute atomic E-state index is 5.91. The summed E-state index contributed by atoms with van der Waals surface area (Å²) in [4.78, 5) is 7.97. The van der Waals surface area contributed by atoms with E-state index in [9.17, 15) is 0 Å². The molecule has 2 rings (SSSR count). The van der Waals surface area contributed by atoms with Crippen LogP contribution in [-0.4, -0.2) is 17.1 Å². The molecule has 6 heteroatoms. The highest BCUT2D eigenvalue weighted by Gasteiger charge is 2.09. The van der Waals surface area contributed by atoms with Crippen LogP contribution in [0.15, 0.2) is 35.1 Å². The molecule has 0 saturated carbocycles. The van der Waals surface area contributed by atoms with Crippen LogP contribution < -0.4 is 10.1 Å². The molecule has 0 saturated heterocycles. The number of benzene rings is 1. The van der Waals surface area contributed by atoms with Gasteiger partial charge in [-0.1, -0.05) is 39.7 Å². The average Bonchev–Trinajstić information content (AvgIpc) is 2.36. The fourth-order valence-electron chi connectivity index (χ4n) is 1.49. The smallest absolute Gasteiger partial charge is 0.198 e. The van der Waals surface area contributed by atoms with Crippen molar-refractivity contribution in [2.45, 2.75) is 6.54 Å². The molecule has 1 aromatic heterocycles. The monoisotopic (exact) mass is 327 g/mol. The third kappa shape index (κ3) is 3.11. The molecule has 0 radical (unpaired) electrons. The fourth-order valence-corrected chi connectivity index (χ4v) is 2.15. The van der Waals surface area contributed by atoms with Crippen molar-refractivity contribution in [3.05, 3.63) is 45.8 Å². The number of nitrogens with one attached hydrogen (secondary N) is 1. The van der Waals surface area contributed by atoms with Crippen LogP contribution in [0.4, 0.5) is 5.82 Å². The van der Waals surface area contributed by atoms with E-state index >= 15 is 0 Å². The summed E-state index contributed by atoms with van der Waals surface area (Å²) in [6, 6.07) is 8.01. The highest BCUT2D eigenvalue weighted by molar-refractivity contribution is 9.10. The van der Waals surface area contributed by atoms with Gasteiger partial charge in [-0.2, -0.15) is 0 Å². The Morgan fingerprint density at radius 1 is 1.39 bits per heavy atom. The van der Waals surface area contributed by atoms with Gasteiger partial charge in [0, 0.05) is 11.0 Å². The lowest BCUT2D eigenvalue weighted by Crippen LogP contribution is -2.04. The largest absolute Gasteiger partial charge is 0.490 e. The summed E-state index contributed by atoms with van der Waals surface area (Å²) in [5.41, 5.74) is 1.13. The number of anilines is 1. The molecule has 0 bridgehead atoms. The van der Waals surface area contributed by atoms with Crippen LogP contribution in [0.2, 0.25) is 5.15 Å². The summed E-state index contributed by atoms with van der Waals surface area (Å²) in [5, 5.41) is 3.46. The third-order valence-electron chi connectivity index (χ3n) is 2.31. The number of aromatic nitrogens is 2. The lowest BCUT2D eigenvalue weighted by molar-refractivity contribution is 0.413. The van der Waals surface area contributed by atoms with Gasteiger partial charge in [-0.3, -0.25) is 0 Å². The van der Waals surface area contributed by atoms with Crippen molar-refractivity contribution < 1.29 is 4.74 Å². The number of hydrogen-bond acceptors (Lipinski definition) is 4. The minimum Gasteiger partial charge on any atom is -0.490 e. The van der Waals surface area contributed by atoms with Crippen molar-refractivity contribution in [3.63, 3.8) is 0 Å². The van der Waals surface area contributed by atoms with Gasteiger partial charge in [0.2, 0.25) is 0 Å². The summed E-state index contributed by atoms with van der Waals surface area (Å²) in [6.45, 7) is 0.628. The summed E-state index contributed by atoms with van der Waals surface area (Å²) < 4.78 is 6.20. The molecule has 18 heavy (non-hydrogen) atoms. The quantitative estimate of drug-likeness (QED) is 0.873. The zero-order chi connectivity index (χ0) is 13.0. The standard InChI is InChI=1S/C12H11BrClN3O/c1-18-10-11(14)16-7-17-12(10)15-6-8-3-2-4-9(13)5-8/h2-5,7H,6H2,1H3,(H,15,16,17). The molecular weight excluding hydrogens is 318 g/mol. The first-order valence-corrected chi connectivity index (χ1v) is 6.40. The molecule has 0 fully saturated rings. The topological polar surface area (TPSA) is 47.0 Å². The fraction of sp³-hybridized carbons (Fsp3) is 0.167. The van der Waals surface area contributed by atoms with Crippen molar-refractivity contribution in [3.8, 4) is 5.75 Å². The van der Waals surface area contributed by atoms with Crippen molar-refractivity contribution in [1.82, 2.24) is 9.97 Å². The van der Waals surface area contributed by atoms with E-state index in [1.54, 1.807) is 0 Å². The van der Waals surface area contributed by atoms with Crippen LogP contribution in [0.25, 0.3) is 0 Å². The molecule has 1 aromatic carbocycles. The Bertz CT molecular complexity index is 551.